The molecule has 98 valence electrons. The molecule has 0 fully saturated rings. The number of halogens is 4. The topological polar surface area (TPSA) is 58.0 Å². The van der Waals surface area contributed by atoms with Crippen LogP contribution in [0.5, 0.6) is 0 Å². The summed E-state index contributed by atoms with van der Waals surface area (Å²) in [4.78, 5) is 8.29. The van der Waals surface area contributed by atoms with Crippen molar-refractivity contribution in [2.45, 2.75) is 12.3 Å². The van der Waals surface area contributed by atoms with Crippen LogP contribution in [0, 0.1) is 0 Å². The van der Waals surface area contributed by atoms with Crippen molar-refractivity contribution in [1.82, 2.24) is 9.97 Å². The van der Waals surface area contributed by atoms with Gasteiger partial charge in [0.05, 0.1) is 11.9 Å². The molecule has 2 aromatic heterocycles. The van der Waals surface area contributed by atoms with Crippen LogP contribution < -0.4 is 5.32 Å². The number of rotatable bonds is 3. The minimum atomic E-state index is -4.67. The van der Waals surface area contributed by atoms with Gasteiger partial charge in [-0.15, -0.1) is 11.3 Å². The summed E-state index contributed by atoms with van der Waals surface area (Å²) in [6.45, 7) is -0.693. The Morgan fingerprint density at radius 3 is 2.83 bits per heavy atom. The molecule has 0 saturated carbocycles. The molecule has 0 bridgehead atoms. The molecule has 2 heterocycles. The van der Waals surface area contributed by atoms with Gasteiger partial charge in [0.15, 0.2) is 6.10 Å². The normalized spacial score (nSPS) is 13.8. The van der Waals surface area contributed by atoms with Crippen molar-refractivity contribution in [3.63, 3.8) is 0 Å². The fourth-order valence-electron chi connectivity index (χ4n) is 1.27. The van der Waals surface area contributed by atoms with Gasteiger partial charge in [-0.05, 0) is 23.0 Å². The van der Waals surface area contributed by atoms with Crippen molar-refractivity contribution in [1.29, 1.82) is 0 Å². The van der Waals surface area contributed by atoms with Gasteiger partial charge in [-0.25, -0.2) is 9.97 Å². The highest BCUT2D eigenvalue weighted by Crippen LogP contribution is 2.27. The second-order valence-electron chi connectivity index (χ2n) is 3.42. The van der Waals surface area contributed by atoms with Crippen LogP contribution >= 0.6 is 22.9 Å². The molecule has 0 aliphatic rings. The molecule has 1 atom stereocenters. The lowest BCUT2D eigenvalue weighted by Crippen LogP contribution is -2.35. The fourth-order valence-corrected chi connectivity index (χ4v) is 2.26. The molecule has 0 radical (unpaired) electrons. The number of nitrogens with one attached hydrogen (secondary N) is 1. The van der Waals surface area contributed by atoms with Gasteiger partial charge in [0.1, 0.15) is 10.6 Å². The van der Waals surface area contributed by atoms with Gasteiger partial charge in [0, 0.05) is 0 Å². The number of aliphatic hydroxyl groups excluding tert-OH is 1. The Balaban J connectivity index is 2.19. The van der Waals surface area contributed by atoms with E-state index >= 15 is 0 Å². The van der Waals surface area contributed by atoms with Crippen LogP contribution in [-0.4, -0.2) is 33.9 Å². The third-order valence-corrected chi connectivity index (χ3v) is 3.11. The van der Waals surface area contributed by atoms with Crippen LogP contribution in [0.4, 0.5) is 19.0 Å². The summed E-state index contributed by atoms with van der Waals surface area (Å²) in [5.74, 6) is 0.176. The van der Waals surface area contributed by atoms with Crippen LogP contribution in [0.15, 0.2) is 11.4 Å². The first-order chi connectivity index (χ1) is 8.38. The number of aromatic nitrogens is 2. The van der Waals surface area contributed by atoms with Gasteiger partial charge < -0.3 is 10.4 Å². The second kappa shape index (κ2) is 4.87. The molecule has 4 nitrogen and oxygen atoms in total. The van der Waals surface area contributed by atoms with E-state index in [1.165, 1.54) is 11.3 Å². The average Bonchev–Trinajstić information content (AvgIpc) is 2.71. The number of anilines is 1. The third-order valence-electron chi connectivity index (χ3n) is 2.14. The molecular weight excluding hydrogens is 291 g/mol. The van der Waals surface area contributed by atoms with Crippen LogP contribution in [-0.2, 0) is 0 Å². The summed E-state index contributed by atoms with van der Waals surface area (Å²) in [5, 5.41) is 13.5. The van der Waals surface area contributed by atoms with Gasteiger partial charge in [0.2, 0.25) is 5.28 Å². The summed E-state index contributed by atoms with van der Waals surface area (Å²) in [7, 11) is 0. The smallest absolute Gasteiger partial charge is 0.382 e. The quantitative estimate of drug-likeness (QED) is 0.855. The van der Waals surface area contributed by atoms with Crippen LogP contribution in [0.25, 0.3) is 10.2 Å². The van der Waals surface area contributed by atoms with E-state index in [2.05, 4.69) is 15.3 Å². The van der Waals surface area contributed by atoms with E-state index in [9.17, 15) is 13.2 Å². The maximum Gasteiger partial charge on any atom is 0.416 e. The first-order valence-corrected chi connectivity index (χ1v) is 6.03. The van der Waals surface area contributed by atoms with Crippen LogP contribution in [0.2, 0.25) is 5.28 Å². The molecule has 0 spiro atoms. The summed E-state index contributed by atoms with van der Waals surface area (Å²) in [6, 6.07) is 1.67. The molecule has 2 aromatic rings. The first kappa shape index (κ1) is 13.3. The minimum absolute atomic E-state index is 0.0612. The van der Waals surface area contributed by atoms with Gasteiger partial charge in [-0.1, -0.05) is 0 Å². The molecular formula is C9H7ClF3N3OS. The SMILES string of the molecule is OC(CNc1nc(Cl)nc2sccc12)C(F)(F)F. The van der Waals surface area contributed by atoms with E-state index in [4.69, 9.17) is 16.7 Å². The van der Waals surface area contributed by atoms with E-state index < -0.39 is 18.8 Å². The predicted octanol–water partition coefficient (Wildman–Crippen LogP) is 2.68. The first-order valence-electron chi connectivity index (χ1n) is 4.77. The van der Waals surface area contributed by atoms with Crippen molar-refractivity contribution in [3.05, 3.63) is 16.7 Å². The molecule has 0 saturated heterocycles. The summed E-state index contributed by atoms with van der Waals surface area (Å²) in [5.41, 5.74) is 0. The molecule has 18 heavy (non-hydrogen) atoms. The highest BCUT2D eigenvalue weighted by atomic mass is 35.5. The number of hydrogen-bond donors (Lipinski definition) is 2. The molecule has 0 aliphatic carbocycles. The molecule has 2 rings (SSSR count). The minimum Gasteiger partial charge on any atom is -0.382 e. The van der Waals surface area contributed by atoms with E-state index in [0.29, 0.717) is 10.2 Å². The van der Waals surface area contributed by atoms with Gasteiger partial charge in [0.25, 0.3) is 0 Å². The number of alkyl halides is 3. The maximum absolute atomic E-state index is 12.1. The van der Waals surface area contributed by atoms with Crippen molar-refractivity contribution >= 4 is 39.0 Å². The van der Waals surface area contributed by atoms with Crippen molar-refractivity contribution < 1.29 is 18.3 Å². The number of fused-ring (bicyclic) bond motifs is 1. The van der Waals surface area contributed by atoms with Gasteiger partial charge >= 0.3 is 6.18 Å². The zero-order valence-corrected chi connectivity index (χ0v) is 10.3. The highest BCUT2D eigenvalue weighted by Gasteiger charge is 2.38. The van der Waals surface area contributed by atoms with Crippen molar-refractivity contribution in [2.75, 3.05) is 11.9 Å². The van der Waals surface area contributed by atoms with Gasteiger partial charge in [-0.2, -0.15) is 13.2 Å². The lowest BCUT2D eigenvalue weighted by Gasteiger charge is -2.15. The standard InChI is InChI=1S/C9H7ClF3N3OS/c10-8-15-6(4-1-2-18-7(4)16-8)14-3-5(17)9(11,12)13/h1-2,5,17H,3H2,(H,14,15,16). The number of thiophene rings is 1. The summed E-state index contributed by atoms with van der Waals surface area (Å²) in [6.07, 6.45) is -7.13. The number of nitrogens with zero attached hydrogens (tertiary/aromatic N) is 2. The Labute approximate surface area is 108 Å². The summed E-state index contributed by atoms with van der Waals surface area (Å²) < 4.78 is 36.4. The van der Waals surface area contributed by atoms with E-state index in [1.54, 1.807) is 11.4 Å². The lowest BCUT2D eigenvalue weighted by molar-refractivity contribution is -0.198. The molecule has 0 aliphatic heterocycles. The Morgan fingerprint density at radius 1 is 1.44 bits per heavy atom. The molecule has 0 aromatic carbocycles. The average molecular weight is 298 g/mol. The lowest BCUT2D eigenvalue weighted by atomic mass is 10.3. The Kier molecular flexibility index (Phi) is 3.60. The van der Waals surface area contributed by atoms with Crippen molar-refractivity contribution in [2.24, 2.45) is 0 Å². The number of hydrogen-bond acceptors (Lipinski definition) is 5. The zero-order chi connectivity index (χ0) is 13.3. The zero-order valence-electron chi connectivity index (χ0n) is 8.70. The predicted molar refractivity (Wildman–Crippen MR) is 63.0 cm³/mol. The van der Waals surface area contributed by atoms with E-state index in [1.807, 2.05) is 0 Å². The maximum atomic E-state index is 12.1. The van der Waals surface area contributed by atoms with E-state index in [0.717, 1.165) is 0 Å². The third kappa shape index (κ3) is 2.82. The highest BCUT2D eigenvalue weighted by molar-refractivity contribution is 7.16. The number of aliphatic hydroxyl groups is 1. The Morgan fingerprint density at radius 2 is 2.17 bits per heavy atom. The second-order valence-corrected chi connectivity index (χ2v) is 4.65. The largest absolute Gasteiger partial charge is 0.416 e. The van der Waals surface area contributed by atoms with Crippen LogP contribution in [0.1, 0.15) is 0 Å². The summed E-state index contributed by atoms with van der Waals surface area (Å²) >= 11 is 6.94. The van der Waals surface area contributed by atoms with Gasteiger partial charge in [-0.3, -0.25) is 0 Å². The van der Waals surface area contributed by atoms with E-state index in [-0.39, 0.29) is 11.1 Å². The van der Waals surface area contributed by atoms with Crippen LogP contribution in [0.3, 0.4) is 0 Å². The Bertz CT molecular complexity index is 559. The molecule has 9 heteroatoms. The monoisotopic (exact) mass is 297 g/mol. The molecule has 0 amide bonds. The Hall–Kier alpha value is -1.12. The molecule has 2 N–H and O–H groups in total. The fraction of sp³-hybridized carbons (Fsp3) is 0.333. The molecule has 1 unspecified atom stereocenters. The van der Waals surface area contributed by atoms with Crippen molar-refractivity contribution in [3.8, 4) is 0 Å².